The Morgan fingerprint density at radius 2 is 1.91 bits per heavy atom. The minimum atomic E-state index is -0.857. The van der Waals surface area contributed by atoms with E-state index in [1.165, 1.54) is 4.90 Å². The Hall–Kier alpha value is -1.69. The van der Waals surface area contributed by atoms with E-state index in [1.54, 1.807) is 6.92 Å². The summed E-state index contributed by atoms with van der Waals surface area (Å²) in [6.45, 7) is 2.64. The summed E-state index contributed by atoms with van der Waals surface area (Å²) < 4.78 is 32.1. The molecule has 7 heteroatoms. The Kier molecular flexibility index (Phi) is 5.34. The first-order chi connectivity index (χ1) is 10.4. The van der Waals surface area contributed by atoms with Crippen LogP contribution in [0, 0.1) is 17.6 Å². The van der Waals surface area contributed by atoms with Crippen molar-refractivity contribution in [1.82, 2.24) is 4.90 Å². The first-order valence-corrected chi connectivity index (χ1v) is 7.42. The molecule has 0 aliphatic carbocycles. The molecule has 1 heterocycles. The maximum atomic E-state index is 13.8. The Bertz CT molecular complexity index is 586. The van der Waals surface area contributed by atoms with Crippen LogP contribution in [-0.4, -0.2) is 36.5 Å². The number of carbonyl (C=O) groups excluding carboxylic acids is 2. The molecule has 4 nitrogen and oxygen atoms in total. The van der Waals surface area contributed by atoms with Gasteiger partial charge in [0.1, 0.15) is 11.6 Å². The number of carbonyl (C=O) groups is 2. The maximum Gasteiger partial charge on any atom is 0.309 e. The van der Waals surface area contributed by atoms with Gasteiger partial charge in [0.05, 0.1) is 23.1 Å². The Morgan fingerprint density at radius 3 is 2.50 bits per heavy atom. The lowest BCUT2D eigenvalue weighted by molar-refractivity contribution is -0.149. The van der Waals surface area contributed by atoms with Gasteiger partial charge in [0.25, 0.3) is 5.91 Å². The highest BCUT2D eigenvalue weighted by Crippen LogP contribution is 2.24. The van der Waals surface area contributed by atoms with Crippen molar-refractivity contribution < 1.29 is 23.1 Å². The van der Waals surface area contributed by atoms with Crippen molar-refractivity contribution in [2.24, 2.45) is 5.92 Å². The lowest BCUT2D eigenvalue weighted by Gasteiger charge is -2.31. The molecule has 120 valence electrons. The van der Waals surface area contributed by atoms with Crippen molar-refractivity contribution in [3.63, 3.8) is 0 Å². The van der Waals surface area contributed by atoms with Crippen molar-refractivity contribution in [2.75, 3.05) is 19.7 Å². The van der Waals surface area contributed by atoms with E-state index in [2.05, 4.69) is 0 Å². The van der Waals surface area contributed by atoms with Crippen LogP contribution in [0.1, 0.15) is 30.1 Å². The summed E-state index contributed by atoms with van der Waals surface area (Å²) in [6.07, 6.45) is 0.893. The Labute approximate surface area is 132 Å². The summed E-state index contributed by atoms with van der Waals surface area (Å²) in [5.41, 5.74) is -0.350. The number of ether oxygens (including phenoxy) is 1. The predicted molar refractivity (Wildman–Crippen MR) is 76.6 cm³/mol. The van der Waals surface area contributed by atoms with Gasteiger partial charge in [0.2, 0.25) is 0 Å². The molecule has 0 atom stereocenters. The molecule has 22 heavy (non-hydrogen) atoms. The molecular weight excluding hydrogens is 316 g/mol. The number of nitrogens with zero attached hydrogens (tertiary/aromatic N) is 1. The number of likely N-dealkylation sites (tertiary alicyclic amines) is 1. The van der Waals surface area contributed by atoms with E-state index >= 15 is 0 Å². The highest BCUT2D eigenvalue weighted by molar-refractivity contribution is 6.30. The maximum absolute atomic E-state index is 13.8. The van der Waals surface area contributed by atoms with Gasteiger partial charge < -0.3 is 9.64 Å². The van der Waals surface area contributed by atoms with E-state index in [4.69, 9.17) is 16.3 Å². The first-order valence-electron chi connectivity index (χ1n) is 7.04. The fourth-order valence-corrected chi connectivity index (χ4v) is 2.59. The summed E-state index contributed by atoms with van der Waals surface area (Å²) >= 11 is 5.47. The van der Waals surface area contributed by atoms with Crippen LogP contribution in [0.15, 0.2) is 12.1 Å². The number of amides is 1. The second-order valence-corrected chi connectivity index (χ2v) is 5.47. The van der Waals surface area contributed by atoms with Crippen molar-refractivity contribution >= 4 is 23.5 Å². The van der Waals surface area contributed by atoms with Crippen molar-refractivity contribution in [2.45, 2.75) is 19.8 Å². The van der Waals surface area contributed by atoms with Crippen LogP contribution >= 0.6 is 11.6 Å². The molecule has 1 aromatic carbocycles. The molecule has 1 aromatic rings. The number of halogens is 3. The van der Waals surface area contributed by atoms with E-state index in [-0.39, 0.29) is 22.5 Å². The van der Waals surface area contributed by atoms with Gasteiger partial charge in [-0.1, -0.05) is 11.6 Å². The second-order valence-electron chi connectivity index (χ2n) is 5.06. The number of hydrogen-bond donors (Lipinski definition) is 0. The molecule has 1 saturated heterocycles. The molecule has 0 unspecified atom stereocenters. The van der Waals surface area contributed by atoms with Crippen LogP contribution in [0.4, 0.5) is 8.78 Å². The molecule has 0 radical (unpaired) electrons. The summed E-state index contributed by atoms with van der Waals surface area (Å²) in [7, 11) is 0. The monoisotopic (exact) mass is 331 g/mol. The van der Waals surface area contributed by atoms with Crippen LogP contribution in [-0.2, 0) is 9.53 Å². The molecular formula is C15H16ClF2NO3. The topological polar surface area (TPSA) is 46.6 Å². The Balaban J connectivity index is 2.04. The van der Waals surface area contributed by atoms with Crippen molar-refractivity contribution in [3.8, 4) is 0 Å². The lowest BCUT2D eigenvalue weighted by atomic mass is 9.96. The zero-order chi connectivity index (χ0) is 16.3. The standard InChI is InChI=1S/C15H16ClF2NO3/c1-2-22-15(21)9-3-5-19(6-4-9)14(20)10-7-13(18)11(16)8-12(10)17/h7-9H,2-6H2,1H3. The molecule has 1 amide bonds. The van der Waals surface area contributed by atoms with Gasteiger partial charge in [-0.2, -0.15) is 0 Å². The molecule has 0 saturated carbocycles. The quantitative estimate of drug-likeness (QED) is 0.632. The van der Waals surface area contributed by atoms with Crippen molar-refractivity contribution in [3.05, 3.63) is 34.4 Å². The van der Waals surface area contributed by atoms with Gasteiger partial charge in [-0.3, -0.25) is 9.59 Å². The molecule has 2 rings (SSSR count). The highest BCUT2D eigenvalue weighted by atomic mass is 35.5. The van der Waals surface area contributed by atoms with Gasteiger partial charge in [-0.15, -0.1) is 0 Å². The summed E-state index contributed by atoms with van der Waals surface area (Å²) in [6, 6.07) is 1.59. The smallest absolute Gasteiger partial charge is 0.309 e. The number of esters is 1. The van der Waals surface area contributed by atoms with Gasteiger partial charge in [-0.05, 0) is 31.9 Å². The second kappa shape index (κ2) is 7.05. The summed E-state index contributed by atoms with van der Waals surface area (Å²) in [4.78, 5) is 25.3. The third kappa shape index (κ3) is 3.55. The molecule has 1 aliphatic rings. The molecule has 0 bridgehead atoms. The summed E-state index contributed by atoms with van der Waals surface area (Å²) in [5, 5.41) is -0.366. The SMILES string of the molecule is CCOC(=O)C1CCN(C(=O)c2cc(F)c(Cl)cc2F)CC1. The van der Waals surface area contributed by atoms with Gasteiger partial charge in [0, 0.05) is 13.1 Å². The van der Waals surface area contributed by atoms with E-state index in [0.717, 1.165) is 12.1 Å². The fourth-order valence-electron chi connectivity index (χ4n) is 2.44. The van der Waals surface area contributed by atoms with Crippen LogP contribution in [0.25, 0.3) is 0 Å². The van der Waals surface area contributed by atoms with Crippen LogP contribution in [0.3, 0.4) is 0 Å². The molecule has 0 N–H and O–H groups in total. The van der Waals surface area contributed by atoms with Crippen LogP contribution < -0.4 is 0 Å². The minimum absolute atomic E-state index is 0.254. The van der Waals surface area contributed by atoms with E-state index < -0.39 is 17.5 Å². The van der Waals surface area contributed by atoms with E-state index in [0.29, 0.717) is 32.5 Å². The number of rotatable bonds is 3. The lowest BCUT2D eigenvalue weighted by Crippen LogP contribution is -2.41. The zero-order valence-corrected chi connectivity index (χ0v) is 12.8. The number of benzene rings is 1. The van der Waals surface area contributed by atoms with Crippen LogP contribution in [0.5, 0.6) is 0 Å². The third-order valence-electron chi connectivity index (χ3n) is 3.64. The minimum Gasteiger partial charge on any atom is -0.466 e. The third-order valence-corrected chi connectivity index (χ3v) is 3.93. The van der Waals surface area contributed by atoms with E-state index in [9.17, 15) is 18.4 Å². The van der Waals surface area contributed by atoms with Gasteiger partial charge in [-0.25, -0.2) is 8.78 Å². The zero-order valence-electron chi connectivity index (χ0n) is 12.1. The average Bonchev–Trinajstić information content (AvgIpc) is 2.50. The fraction of sp³-hybridized carbons (Fsp3) is 0.467. The average molecular weight is 332 g/mol. The normalized spacial score (nSPS) is 15.7. The molecule has 0 aromatic heterocycles. The number of hydrogen-bond acceptors (Lipinski definition) is 3. The van der Waals surface area contributed by atoms with Crippen LogP contribution in [0.2, 0.25) is 5.02 Å². The van der Waals surface area contributed by atoms with Gasteiger partial charge >= 0.3 is 5.97 Å². The number of piperidine rings is 1. The molecule has 1 fully saturated rings. The predicted octanol–water partition coefficient (Wildman–Crippen LogP) is 3.03. The largest absolute Gasteiger partial charge is 0.466 e. The van der Waals surface area contributed by atoms with Gasteiger partial charge in [0.15, 0.2) is 0 Å². The molecule has 1 aliphatic heterocycles. The first kappa shape index (κ1) is 16.7. The van der Waals surface area contributed by atoms with Crippen molar-refractivity contribution in [1.29, 1.82) is 0 Å². The van der Waals surface area contributed by atoms with E-state index in [1.807, 2.05) is 0 Å². The summed E-state index contributed by atoms with van der Waals surface area (Å²) in [5.74, 6) is -2.83. The molecule has 0 spiro atoms. The Morgan fingerprint density at radius 1 is 1.27 bits per heavy atom. The highest BCUT2D eigenvalue weighted by Gasteiger charge is 2.30.